The molecule has 1 aliphatic heterocycles. The Hall–Kier alpha value is -7.66. The Kier molecular flexibility index (Phi) is 8.47. The van der Waals surface area contributed by atoms with Crippen LogP contribution in [0.5, 0.6) is 0 Å². The van der Waals surface area contributed by atoms with Gasteiger partial charge < -0.3 is 23.3 Å². The van der Waals surface area contributed by atoms with Crippen molar-refractivity contribution in [1.82, 2.24) is 18.5 Å². The molecule has 0 saturated heterocycles. The van der Waals surface area contributed by atoms with Crippen LogP contribution in [0, 0.1) is 39.6 Å². The Morgan fingerprint density at radius 1 is 0.470 bits per heavy atom. The summed E-state index contributed by atoms with van der Waals surface area (Å²) < 4.78 is 7.10. The molecule has 4 aromatic heterocycles. The first kappa shape index (κ1) is 38.8. The van der Waals surface area contributed by atoms with Crippen molar-refractivity contribution in [3.05, 3.63) is 211 Å². The molecule has 7 heteroatoms. The fourth-order valence-corrected chi connectivity index (χ4v) is 11.1. The van der Waals surface area contributed by atoms with E-state index in [0.717, 1.165) is 88.7 Å². The molecule has 9 aromatic carbocycles. The van der Waals surface area contributed by atoms with Crippen LogP contribution in [0.4, 0.5) is 22.7 Å². The summed E-state index contributed by atoms with van der Waals surface area (Å²) in [6.07, 6.45) is 0. The zero-order chi connectivity index (χ0) is 43.1. The molecule has 0 spiro atoms. The third-order valence-corrected chi connectivity index (χ3v) is 13.6. The second kappa shape index (κ2) is 14.4. The Morgan fingerprint density at radius 3 is 1.88 bits per heavy atom. The van der Waals surface area contributed by atoms with Crippen LogP contribution in [0.25, 0.3) is 93.3 Å². The van der Waals surface area contributed by atoms with Crippen LogP contribution in [0.1, 0.15) is 16.7 Å². The van der Waals surface area contributed by atoms with Crippen molar-refractivity contribution in [1.29, 1.82) is 0 Å². The molecule has 0 fully saturated rings. The molecule has 14 rings (SSSR count). The van der Waals surface area contributed by atoms with Gasteiger partial charge in [0.05, 0.1) is 27.7 Å². The van der Waals surface area contributed by atoms with Gasteiger partial charge in [-0.05, 0) is 109 Å². The third-order valence-electron chi connectivity index (χ3n) is 13.6. The molecular weight excluding hydrogens is 988 g/mol. The molecule has 13 aromatic rings. The van der Waals surface area contributed by atoms with Gasteiger partial charge in [-0.25, -0.2) is 0 Å². The molecule has 0 atom stereocenters. The molecule has 318 valence electrons. The number of hydrogen-bond acceptors (Lipinski definition) is 3. The number of fused-ring (bicyclic) bond motifs is 16. The molecule has 0 amide bonds. The Morgan fingerprint density at radius 2 is 1.09 bits per heavy atom. The number of nitrogens with zero attached hydrogens (tertiary/aromatic N) is 6. The first-order valence-electron chi connectivity index (χ1n) is 22.2. The number of hydrogen-bond donors (Lipinski definition) is 0. The summed E-state index contributed by atoms with van der Waals surface area (Å²) in [7, 11) is 0. The average Bonchev–Trinajstić information content (AvgIpc) is 4.09. The zero-order valence-electron chi connectivity index (χ0n) is 36.3. The van der Waals surface area contributed by atoms with Crippen LogP contribution >= 0.6 is 0 Å². The normalized spacial score (nSPS) is 12.8. The van der Waals surface area contributed by atoms with Gasteiger partial charge in [0.1, 0.15) is 0 Å². The van der Waals surface area contributed by atoms with Gasteiger partial charge in [-0.15, -0.1) is 42.7 Å². The van der Waals surface area contributed by atoms with Gasteiger partial charge >= 0.3 is 0 Å². The van der Waals surface area contributed by atoms with Gasteiger partial charge in [0.15, 0.2) is 0 Å². The maximum Gasteiger partial charge on any atom is 0.0774 e. The summed E-state index contributed by atoms with van der Waals surface area (Å²) in [5, 5.41) is 8.02. The van der Waals surface area contributed by atoms with E-state index in [1.807, 2.05) is 0 Å². The quantitative estimate of drug-likeness (QED) is 0.130. The molecular formula is C59H39N6Pt-3. The predicted octanol–water partition coefficient (Wildman–Crippen LogP) is 14.9. The summed E-state index contributed by atoms with van der Waals surface area (Å²) in [4.78, 5) is 9.93. The second-order valence-corrected chi connectivity index (χ2v) is 17.5. The third kappa shape index (κ3) is 5.36. The van der Waals surface area contributed by atoms with Crippen molar-refractivity contribution in [3.63, 3.8) is 0 Å². The number of pyridine rings is 1. The molecule has 1 aliphatic rings. The van der Waals surface area contributed by atoms with Gasteiger partial charge in [0, 0.05) is 65.6 Å². The number of aromatic nitrogens is 4. The molecule has 0 N–H and O–H groups in total. The summed E-state index contributed by atoms with van der Waals surface area (Å²) in [5.74, 6) is 0. The number of benzene rings is 9. The summed E-state index contributed by atoms with van der Waals surface area (Å²) >= 11 is 0. The second-order valence-electron chi connectivity index (χ2n) is 17.5. The van der Waals surface area contributed by atoms with Crippen LogP contribution in [-0.4, -0.2) is 18.5 Å². The standard InChI is InChI=1S/C59H39N6.Pt/c1-36-30-37(2)58(38(3)31-36)62-35-61(51-26-13-14-27-52(51)62)40-18-15-19-41(32-40)64-54-29-28-53-56(43-21-8-11-24-49(43)63(53)39-16-5-4-6-17-39)57(54)46-33-44-42-20-7-10-23-48(42)65-50-25-12-9-22-47(50)60-59(65)45(44)34-55(46)64;/h4-31,33,35H,1-3H3;/q-3;. The van der Waals surface area contributed by atoms with E-state index < -0.39 is 0 Å². The number of para-hydroxylation sites is 7. The summed E-state index contributed by atoms with van der Waals surface area (Å²) in [6.45, 7) is 8.81. The van der Waals surface area contributed by atoms with Crippen molar-refractivity contribution in [2.45, 2.75) is 20.8 Å². The molecule has 6 nitrogen and oxygen atoms in total. The predicted molar refractivity (Wildman–Crippen MR) is 270 cm³/mol. The van der Waals surface area contributed by atoms with Crippen LogP contribution in [0.2, 0.25) is 0 Å². The molecule has 0 unspecified atom stereocenters. The Balaban J connectivity index is 0.00000435. The fraction of sp³-hybridized carbons (Fsp3) is 0.0508. The van der Waals surface area contributed by atoms with Crippen molar-refractivity contribution >= 4 is 105 Å². The van der Waals surface area contributed by atoms with Crippen molar-refractivity contribution < 1.29 is 21.1 Å². The van der Waals surface area contributed by atoms with Crippen LogP contribution in [0.15, 0.2) is 176 Å². The maximum atomic E-state index is 5.32. The average molecular weight is 1030 g/mol. The molecule has 66 heavy (non-hydrogen) atoms. The van der Waals surface area contributed by atoms with E-state index in [4.69, 9.17) is 4.98 Å². The van der Waals surface area contributed by atoms with E-state index in [1.54, 1.807) is 0 Å². The van der Waals surface area contributed by atoms with E-state index >= 15 is 0 Å². The molecule has 0 aliphatic carbocycles. The van der Waals surface area contributed by atoms with Gasteiger partial charge in [0.25, 0.3) is 0 Å². The first-order chi connectivity index (χ1) is 32.0. The van der Waals surface area contributed by atoms with Crippen molar-refractivity contribution in [2.75, 3.05) is 9.80 Å². The topological polar surface area (TPSA) is 33.6 Å². The molecule has 0 bridgehead atoms. The van der Waals surface area contributed by atoms with E-state index in [0.29, 0.717) is 0 Å². The van der Waals surface area contributed by atoms with E-state index in [2.05, 4.69) is 239 Å². The molecule has 5 heterocycles. The van der Waals surface area contributed by atoms with Crippen LogP contribution in [-0.2, 0) is 21.1 Å². The maximum absolute atomic E-state index is 5.32. The van der Waals surface area contributed by atoms with E-state index in [-0.39, 0.29) is 21.1 Å². The Labute approximate surface area is 395 Å². The largest absolute Gasteiger partial charge is 0.493 e. The number of rotatable bonds is 4. The van der Waals surface area contributed by atoms with E-state index in [9.17, 15) is 0 Å². The Bertz CT molecular complexity index is 4130. The van der Waals surface area contributed by atoms with Gasteiger partial charge in [-0.1, -0.05) is 118 Å². The summed E-state index contributed by atoms with van der Waals surface area (Å²) in [6, 6.07) is 71.5. The van der Waals surface area contributed by atoms with Crippen LogP contribution < -0.4 is 9.80 Å². The van der Waals surface area contributed by atoms with Gasteiger partial charge in [-0.3, -0.25) is 4.98 Å². The molecule has 0 saturated carbocycles. The molecule has 0 radical (unpaired) electrons. The number of anilines is 4. The van der Waals surface area contributed by atoms with Gasteiger partial charge in [-0.2, -0.15) is 6.07 Å². The van der Waals surface area contributed by atoms with E-state index in [1.165, 1.54) is 44.1 Å². The monoisotopic (exact) mass is 1030 g/mol. The minimum atomic E-state index is 0. The summed E-state index contributed by atoms with van der Waals surface area (Å²) in [5.41, 5.74) is 18.7. The van der Waals surface area contributed by atoms with Crippen LogP contribution in [0.3, 0.4) is 0 Å². The smallest absolute Gasteiger partial charge is 0.0774 e. The van der Waals surface area contributed by atoms with Crippen molar-refractivity contribution in [3.8, 4) is 11.4 Å². The van der Waals surface area contributed by atoms with Gasteiger partial charge in [0.2, 0.25) is 0 Å². The number of aryl methyl sites for hydroxylation is 3. The van der Waals surface area contributed by atoms with Crippen molar-refractivity contribution in [2.24, 2.45) is 0 Å². The zero-order valence-corrected chi connectivity index (χ0v) is 38.6. The minimum absolute atomic E-state index is 0. The number of imidazole rings is 1. The minimum Gasteiger partial charge on any atom is -0.493 e. The first-order valence-corrected chi connectivity index (χ1v) is 22.2. The fourth-order valence-electron chi connectivity index (χ4n) is 11.1. The SMILES string of the molecule is Cc1cc(C)c(N2[CH-]N(c3[c-]c(-n4c5[c-]c6c(cc5c5c7c8ccccc8n(-c8ccccc8)c7ccc54)c4ccccc4n4c5ccccc5nc64)ccc3)c3ccccc32)c(C)c1.[Pt].